The molecule has 3 aromatic rings. The summed E-state index contributed by atoms with van der Waals surface area (Å²) in [7, 11) is 0. The molecule has 0 aliphatic carbocycles. The molecule has 0 saturated carbocycles. The van der Waals surface area contributed by atoms with E-state index in [0.29, 0.717) is 17.5 Å². The molecule has 124 valence electrons. The number of carbonyl (C=O) groups is 1. The van der Waals surface area contributed by atoms with Crippen LogP contribution in [-0.2, 0) is 17.0 Å². The van der Waals surface area contributed by atoms with E-state index in [9.17, 15) is 4.79 Å². The zero-order valence-electron chi connectivity index (χ0n) is 13.3. The fraction of sp³-hybridized carbons (Fsp3) is 0.250. The molecule has 0 unspecified atom stereocenters. The molecular weight excluding hydrogens is 344 g/mol. The van der Waals surface area contributed by atoms with Gasteiger partial charge in [0.05, 0.1) is 17.9 Å². The standard InChI is InChI=1S/C16H16N4O2S2/c1-9-5-3-4-6-11(9)15-19-14(22-20-15)8-23-16-18-10(2)12(24-16)7-13(17)21/h3-6H,7-8H2,1-2H3,(H2,17,21). The highest BCUT2D eigenvalue weighted by Crippen LogP contribution is 2.30. The largest absolute Gasteiger partial charge is 0.369 e. The molecule has 8 heteroatoms. The van der Waals surface area contributed by atoms with Crippen LogP contribution in [0, 0.1) is 13.8 Å². The number of hydrogen-bond donors (Lipinski definition) is 1. The van der Waals surface area contributed by atoms with E-state index < -0.39 is 0 Å². The number of amides is 1. The molecule has 2 heterocycles. The number of thioether (sulfide) groups is 1. The Balaban J connectivity index is 1.68. The van der Waals surface area contributed by atoms with Crippen molar-refractivity contribution >= 4 is 29.0 Å². The van der Waals surface area contributed by atoms with Gasteiger partial charge >= 0.3 is 0 Å². The van der Waals surface area contributed by atoms with Crippen LogP contribution in [-0.4, -0.2) is 21.0 Å². The molecule has 3 rings (SSSR count). The summed E-state index contributed by atoms with van der Waals surface area (Å²) in [6.07, 6.45) is 0.224. The molecule has 0 saturated heterocycles. The van der Waals surface area contributed by atoms with Crippen LogP contribution in [0.1, 0.15) is 22.0 Å². The Morgan fingerprint density at radius 1 is 1.29 bits per heavy atom. The normalized spacial score (nSPS) is 10.9. The van der Waals surface area contributed by atoms with Gasteiger partial charge in [-0.15, -0.1) is 11.3 Å². The van der Waals surface area contributed by atoms with Crippen molar-refractivity contribution in [3.63, 3.8) is 0 Å². The highest BCUT2D eigenvalue weighted by atomic mass is 32.2. The van der Waals surface area contributed by atoms with E-state index in [2.05, 4.69) is 15.1 Å². The first-order valence-electron chi connectivity index (χ1n) is 7.29. The molecule has 0 bridgehead atoms. The predicted molar refractivity (Wildman–Crippen MR) is 93.8 cm³/mol. The van der Waals surface area contributed by atoms with Gasteiger partial charge in [-0.05, 0) is 19.4 Å². The Hall–Kier alpha value is -2.19. The summed E-state index contributed by atoms with van der Waals surface area (Å²) in [5.74, 6) is 1.32. The highest BCUT2D eigenvalue weighted by Gasteiger charge is 2.14. The molecular formula is C16H16N4O2S2. The van der Waals surface area contributed by atoms with Crippen LogP contribution in [0.2, 0.25) is 0 Å². The van der Waals surface area contributed by atoms with Gasteiger partial charge < -0.3 is 10.3 Å². The van der Waals surface area contributed by atoms with Gasteiger partial charge in [0.25, 0.3) is 0 Å². The summed E-state index contributed by atoms with van der Waals surface area (Å²) in [4.78, 5) is 20.8. The fourth-order valence-corrected chi connectivity index (χ4v) is 4.24. The summed E-state index contributed by atoms with van der Waals surface area (Å²) >= 11 is 2.98. The Labute approximate surface area is 147 Å². The second-order valence-corrected chi connectivity index (χ2v) is 7.55. The monoisotopic (exact) mass is 360 g/mol. The zero-order chi connectivity index (χ0) is 17.1. The number of primary amides is 1. The average Bonchev–Trinajstić information content (AvgIpc) is 3.13. The van der Waals surface area contributed by atoms with Gasteiger partial charge in [0, 0.05) is 10.4 Å². The summed E-state index contributed by atoms with van der Waals surface area (Å²) in [5, 5.41) is 4.04. The van der Waals surface area contributed by atoms with Gasteiger partial charge in [-0.3, -0.25) is 4.79 Å². The van der Waals surface area contributed by atoms with Crippen molar-refractivity contribution in [2.24, 2.45) is 5.73 Å². The maximum atomic E-state index is 11.0. The van der Waals surface area contributed by atoms with Crippen molar-refractivity contribution in [2.45, 2.75) is 30.4 Å². The molecule has 0 atom stereocenters. The Morgan fingerprint density at radius 3 is 2.83 bits per heavy atom. The van der Waals surface area contributed by atoms with Crippen molar-refractivity contribution in [1.29, 1.82) is 0 Å². The van der Waals surface area contributed by atoms with Crippen LogP contribution in [0.4, 0.5) is 0 Å². The van der Waals surface area contributed by atoms with Gasteiger partial charge in [0.15, 0.2) is 4.34 Å². The maximum Gasteiger partial charge on any atom is 0.237 e. The van der Waals surface area contributed by atoms with E-state index in [4.69, 9.17) is 10.3 Å². The van der Waals surface area contributed by atoms with Crippen molar-refractivity contribution < 1.29 is 9.32 Å². The smallest absolute Gasteiger partial charge is 0.237 e. The lowest BCUT2D eigenvalue weighted by Crippen LogP contribution is -2.13. The maximum absolute atomic E-state index is 11.0. The second kappa shape index (κ2) is 7.14. The highest BCUT2D eigenvalue weighted by molar-refractivity contribution is 8.00. The van der Waals surface area contributed by atoms with Gasteiger partial charge in [0.2, 0.25) is 17.6 Å². The lowest BCUT2D eigenvalue weighted by Gasteiger charge is -1.97. The van der Waals surface area contributed by atoms with Gasteiger partial charge in [0.1, 0.15) is 0 Å². The first-order valence-corrected chi connectivity index (χ1v) is 9.09. The van der Waals surface area contributed by atoms with Crippen LogP contribution in [0.5, 0.6) is 0 Å². The number of nitrogens with zero attached hydrogens (tertiary/aromatic N) is 3. The van der Waals surface area contributed by atoms with Gasteiger partial charge in [-0.25, -0.2) is 4.98 Å². The minimum Gasteiger partial charge on any atom is -0.369 e. The van der Waals surface area contributed by atoms with E-state index >= 15 is 0 Å². The van der Waals surface area contributed by atoms with Crippen molar-refractivity contribution in [2.75, 3.05) is 0 Å². The molecule has 24 heavy (non-hydrogen) atoms. The molecule has 1 amide bonds. The number of benzene rings is 1. The number of thiazole rings is 1. The Morgan fingerprint density at radius 2 is 2.08 bits per heavy atom. The van der Waals surface area contributed by atoms with Crippen molar-refractivity contribution in [3.8, 4) is 11.4 Å². The first-order chi connectivity index (χ1) is 11.5. The molecule has 6 nitrogen and oxygen atoms in total. The number of hydrogen-bond acceptors (Lipinski definition) is 7. The lowest BCUT2D eigenvalue weighted by atomic mass is 10.1. The van der Waals surface area contributed by atoms with E-state index in [1.807, 2.05) is 38.1 Å². The number of aromatic nitrogens is 3. The van der Waals surface area contributed by atoms with Crippen LogP contribution in [0.3, 0.4) is 0 Å². The van der Waals surface area contributed by atoms with Crippen molar-refractivity contribution in [1.82, 2.24) is 15.1 Å². The summed E-state index contributed by atoms with van der Waals surface area (Å²) in [5.41, 5.74) is 8.14. The third-order valence-corrected chi connectivity index (χ3v) is 5.67. The molecule has 0 aliphatic heterocycles. The molecule has 0 fully saturated rings. The van der Waals surface area contributed by atoms with Crippen LogP contribution >= 0.6 is 23.1 Å². The Kier molecular flexibility index (Phi) is 4.96. The number of nitrogens with two attached hydrogens (primary N) is 1. The van der Waals surface area contributed by atoms with E-state index in [1.165, 1.54) is 23.1 Å². The number of aryl methyl sites for hydroxylation is 2. The van der Waals surface area contributed by atoms with E-state index in [0.717, 1.165) is 26.0 Å². The molecule has 1 aromatic carbocycles. The van der Waals surface area contributed by atoms with Gasteiger partial charge in [-0.1, -0.05) is 41.2 Å². The average molecular weight is 360 g/mol. The van der Waals surface area contributed by atoms with Crippen LogP contribution < -0.4 is 5.73 Å². The lowest BCUT2D eigenvalue weighted by molar-refractivity contribution is -0.117. The fourth-order valence-electron chi connectivity index (χ4n) is 2.16. The zero-order valence-corrected chi connectivity index (χ0v) is 14.9. The molecule has 0 spiro atoms. The van der Waals surface area contributed by atoms with Crippen LogP contribution in [0.15, 0.2) is 33.1 Å². The predicted octanol–water partition coefficient (Wildman–Crippen LogP) is 3.13. The number of rotatable bonds is 6. The second-order valence-electron chi connectivity index (χ2n) is 5.25. The Bertz CT molecular complexity index is 873. The molecule has 0 radical (unpaired) electrons. The third kappa shape index (κ3) is 3.82. The van der Waals surface area contributed by atoms with Crippen molar-refractivity contribution in [3.05, 3.63) is 46.3 Å². The quantitative estimate of drug-likeness (QED) is 0.679. The topological polar surface area (TPSA) is 94.9 Å². The van der Waals surface area contributed by atoms with Crippen LogP contribution in [0.25, 0.3) is 11.4 Å². The van der Waals surface area contributed by atoms with Gasteiger partial charge in [-0.2, -0.15) is 4.98 Å². The molecule has 2 aromatic heterocycles. The molecule has 2 N–H and O–H groups in total. The summed E-state index contributed by atoms with van der Waals surface area (Å²) < 4.78 is 6.18. The third-order valence-electron chi connectivity index (χ3n) is 3.38. The van der Waals surface area contributed by atoms with E-state index in [1.54, 1.807) is 0 Å². The first kappa shape index (κ1) is 16.7. The number of carbonyl (C=O) groups excluding carboxylic acids is 1. The summed E-state index contributed by atoms with van der Waals surface area (Å²) in [6.45, 7) is 3.89. The summed E-state index contributed by atoms with van der Waals surface area (Å²) in [6, 6.07) is 7.91. The molecule has 0 aliphatic rings. The minimum atomic E-state index is -0.349. The van der Waals surface area contributed by atoms with E-state index in [-0.39, 0.29) is 12.3 Å². The SMILES string of the molecule is Cc1ccccc1-c1noc(CSc2nc(C)c(CC(N)=O)s2)n1. The minimum absolute atomic E-state index is 0.224.